The van der Waals surface area contributed by atoms with Crippen molar-refractivity contribution in [2.45, 2.75) is 11.3 Å². The molecule has 0 amide bonds. The number of hydrogen-bond acceptors (Lipinski definition) is 4. The number of rotatable bonds is 8. The van der Waals surface area contributed by atoms with Crippen molar-refractivity contribution in [3.8, 4) is 0 Å². The molecule has 0 aromatic heterocycles. The Kier molecular flexibility index (Phi) is 11.5. The van der Waals surface area contributed by atoms with Gasteiger partial charge >= 0.3 is 0 Å². The third-order valence-corrected chi connectivity index (χ3v) is 10.9. The Hall–Kier alpha value is -2.82. The van der Waals surface area contributed by atoms with E-state index in [1.165, 1.54) is 28.0 Å². The van der Waals surface area contributed by atoms with Crippen molar-refractivity contribution in [2.75, 3.05) is 19.7 Å². The van der Waals surface area contributed by atoms with E-state index in [1.54, 1.807) is 19.2 Å². The third kappa shape index (κ3) is 7.35. The van der Waals surface area contributed by atoms with E-state index in [1.807, 2.05) is 0 Å². The fourth-order valence-electron chi connectivity index (χ4n) is 3.88. The highest BCUT2D eigenvalue weighted by atomic mass is 35.5. The normalized spacial score (nSPS) is 10.9. The van der Waals surface area contributed by atoms with Crippen LogP contribution in [0.5, 0.6) is 0 Å². The molecule has 4 aromatic carbocycles. The molecule has 4 aromatic rings. The Morgan fingerprint density at radius 1 is 0.694 bits per heavy atom. The van der Waals surface area contributed by atoms with Gasteiger partial charge in [0.15, 0.2) is 16.2 Å². The van der Waals surface area contributed by atoms with Crippen LogP contribution in [0.25, 0.3) is 0 Å². The van der Waals surface area contributed by atoms with E-state index in [9.17, 15) is 13.2 Å². The van der Waals surface area contributed by atoms with E-state index >= 15 is 0 Å². The lowest BCUT2D eigenvalue weighted by molar-refractivity contribution is -0.107. The monoisotopic (exact) mass is 540 g/mol. The summed E-state index contributed by atoms with van der Waals surface area (Å²) in [6, 6.07) is 38.6. The Balaban J connectivity index is 0.000000281. The smallest absolute Gasteiger partial charge is 0.175 e. The van der Waals surface area contributed by atoms with Gasteiger partial charge < -0.3 is 21.9 Å². The average Bonchev–Trinajstić information content (AvgIpc) is 2.89. The van der Waals surface area contributed by atoms with Gasteiger partial charge in [-0.2, -0.15) is 0 Å². The van der Waals surface area contributed by atoms with E-state index < -0.39 is 17.1 Å². The Bertz CT molecular complexity index is 1200. The number of carbonyl (C=O) groups is 1. The van der Waals surface area contributed by atoms with Gasteiger partial charge in [-0.3, -0.25) is 0 Å². The molecule has 0 heterocycles. The number of carbonyl (C=O) groups excluding carboxylic acids is 1. The second-order valence-electron chi connectivity index (χ2n) is 8.02. The van der Waals surface area contributed by atoms with Crippen molar-refractivity contribution in [2.24, 2.45) is 0 Å². The molecule has 0 fully saturated rings. The van der Waals surface area contributed by atoms with Crippen LogP contribution in [0.1, 0.15) is 5.56 Å². The molecule has 7 heteroatoms. The van der Waals surface area contributed by atoms with E-state index in [-0.39, 0.29) is 17.3 Å². The van der Waals surface area contributed by atoms with Crippen molar-refractivity contribution in [1.29, 1.82) is 0 Å². The number of halogens is 1. The molecule has 0 unspecified atom stereocenters. The molecule has 0 spiro atoms. The van der Waals surface area contributed by atoms with Crippen molar-refractivity contribution in [3.63, 3.8) is 0 Å². The molecular weight excluding hydrogens is 511 g/mol. The van der Waals surface area contributed by atoms with Gasteiger partial charge in [0, 0.05) is 19.8 Å². The Morgan fingerprint density at radius 2 is 1.08 bits per heavy atom. The van der Waals surface area contributed by atoms with Gasteiger partial charge in [-0.15, -0.1) is 0 Å². The summed E-state index contributed by atoms with van der Waals surface area (Å²) in [6.45, 7) is 0. The molecule has 0 bridgehead atoms. The molecule has 0 aliphatic heterocycles. The number of ether oxygens (including phenoxy) is 1. The minimum absolute atomic E-state index is 0. The van der Waals surface area contributed by atoms with Crippen LogP contribution in [-0.2, 0) is 25.8 Å². The average molecular weight is 541 g/mol. The van der Waals surface area contributed by atoms with Gasteiger partial charge in [-0.1, -0.05) is 66.7 Å². The van der Waals surface area contributed by atoms with Crippen LogP contribution < -0.4 is 28.3 Å². The van der Waals surface area contributed by atoms with Crippen molar-refractivity contribution in [3.05, 3.63) is 121 Å². The van der Waals surface area contributed by atoms with Crippen molar-refractivity contribution in [1.82, 2.24) is 0 Å². The molecule has 0 N–H and O–H groups in total. The van der Waals surface area contributed by atoms with Gasteiger partial charge in [0.1, 0.15) is 29.5 Å². The molecule has 0 saturated heterocycles. The maximum Gasteiger partial charge on any atom is 0.175 e. The summed E-state index contributed by atoms with van der Waals surface area (Å²) in [5.41, 5.74) is 0.822. The van der Waals surface area contributed by atoms with E-state index in [2.05, 4.69) is 91.0 Å². The second-order valence-corrected chi connectivity index (χ2v) is 13.5. The van der Waals surface area contributed by atoms with Gasteiger partial charge in [-0.05, 0) is 54.1 Å². The quantitative estimate of drug-likeness (QED) is 0.251. The predicted molar refractivity (Wildman–Crippen MR) is 146 cm³/mol. The topological polar surface area (TPSA) is 60.4 Å². The van der Waals surface area contributed by atoms with Crippen molar-refractivity contribution < 1.29 is 30.4 Å². The maximum atomic E-state index is 11.0. The summed E-state index contributed by atoms with van der Waals surface area (Å²) >= 11 is 0. The molecule has 4 nitrogen and oxygen atoms in total. The summed E-state index contributed by atoms with van der Waals surface area (Å²) in [4.78, 5) is 10.4. The predicted octanol–water partition coefficient (Wildman–Crippen LogP) is 1.42. The van der Waals surface area contributed by atoms with E-state index in [0.29, 0.717) is 12.8 Å². The zero-order chi connectivity index (χ0) is 25.2. The molecule has 0 radical (unpaired) electrons. The van der Waals surface area contributed by atoms with Crippen LogP contribution in [0.3, 0.4) is 0 Å². The number of sulfone groups is 1. The first-order valence-corrected chi connectivity index (χ1v) is 15.0. The van der Waals surface area contributed by atoms with E-state index in [0.717, 1.165) is 18.1 Å². The molecule has 0 atom stereocenters. The van der Waals surface area contributed by atoms with Crippen LogP contribution in [-0.4, -0.2) is 34.4 Å². The highest BCUT2D eigenvalue weighted by molar-refractivity contribution is 7.95. The minimum Gasteiger partial charge on any atom is -1.00 e. The van der Waals surface area contributed by atoms with Gasteiger partial charge in [-0.25, -0.2) is 8.42 Å². The van der Waals surface area contributed by atoms with Crippen LogP contribution in [0.4, 0.5) is 0 Å². The lowest BCUT2D eigenvalue weighted by atomic mass is 10.2. The summed E-state index contributed by atoms with van der Waals surface area (Å²) in [7, 11) is -3.10. The Labute approximate surface area is 221 Å². The standard InChI is InChI=1S/C20H20OP.C9H10O3S.ClH/c1-21-17-22(18-11-5-2-6-12-18,19-13-7-3-8-14-19)20-15-9-4-10-16-20;1-13(11,12)9-4-2-8(3-5-9)6-7-10;/h2-16H,17H2,1H3;2-5,7H,6H2,1H3;1H/q+1;;/p-1. The molecule has 0 aliphatic rings. The SMILES string of the molecule is COC[P+](c1ccccc1)(c1ccccc1)c1ccccc1.CS(=O)(=O)c1ccc(CC=O)cc1.[Cl-]. The lowest BCUT2D eigenvalue weighted by Crippen LogP contribution is -3.00. The van der Waals surface area contributed by atoms with Crippen molar-refractivity contribution >= 4 is 39.3 Å². The van der Waals surface area contributed by atoms with E-state index in [4.69, 9.17) is 4.74 Å². The molecule has 188 valence electrons. The fraction of sp³-hybridized carbons (Fsp3) is 0.138. The minimum atomic E-state index is -3.12. The molecule has 36 heavy (non-hydrogen) atoms. The number of hydrogen-bond donors (Lipinski definition) is 0. The fourth-order valence-corrected chi connectivity index (χ4v) is 8.28. The number of aldehydes is 1. The van der Waals surface area contributed by atoms with Crippen LogP contribution in [0.2, 0.25) is 0 Å². The van der Waals surface area contributed by atoms with Crippen LogP contribution >= 0.6 is 7.26 Å². The van der Waals surface area contributed by atoms with Gasteiger partial charge in [0.25, 0.3) is 0 Å². The van der Waals surface area contributed by atoms with Crippen LogP contribution in [0.15, 0.2) is 120 Å². The summed E-state index contributed by atoms with van der Waals surface area (Å²) in [5.74, 6) is 0. The second kappa shape index (κ2) is 14.1. The summed E-state index contributed by atoms with van der Waals surface area (Å²) in [6.07, 6.45) is 2.98. The highest BCUT2D eigenvalue weighted by Gasteiger charge is 2.45. The zero-order valence-corrected chi connectivity index (χ0v) is 22.8. The Morgan fingerprint density at radius 3 is 1.39 bits per heavy atom. The molecule has 0 saturated carbocycles. The molecular formula is C29H30ClO4PS. The maximum absolute atomic E-state index is 11.0. The lowest BCUT2D eigenvalue weighted by Gasteiger charge is -2.26. The highest BCUT2D eigenvalue weighted by Crippen LogP contribution is 2.54. The molecule has 0 aliphatic carbocycles. The first-order chi connectivity index (χ1) is 16.9. The zero-order valence-electron chi connectivity index (χ0n) is 20.3. The third-order valence-electron chi connectivity index (χ3n) is 5.58. The first-order valence-electron chi connectivity index (χ1n) is 11.2. The summed E-state index contributed by atoms with van der Waals surface area (Å²) < 4.78 is 27.8. The van der Waals surface area contributed by atoms with Gasteiger partial charge in [0.05, 0.1) is 4.90 Å². The molecule has 4 rings (SSSR count). The number of methoxy groups -OCH3 is 1. The largest absolute Gasteiger partial charge is 1.00 e. The summed E-state index contributed by atoms with van der Waals surface area (Å²) in [5, 5.41) is 4.07. The number of benzene rings is 4. The van der Waals surface area contributed by atoms with Crippen LogP contribution in [0, 0.1) is 0 Å². The van der Waals surface area contributed by atoms with Gasteiger partial charge in [0.2, 0.25) is 0 Å². The first kappa shape index (κ1) is 29.4.